The number of aryl methyl sites for hydroxylation is 1. The van der Waals surface area contributed by atoms with Gasteiger partial charge in [0.05, 0.1) is 18.4 Å². The lowest BCUT2D eigenvalue weighted by Crippen LogP contribution is -2.30. The minimum absolute atomic E-state index is 0.174. The monoisotopic (exact) mass is 338 g/mol. The Hall–Kier alpha value is -1.61. The molecule has 10 heteroatoms. The van der Waals surface area contributed by atoms with Gasteiger partial charge in [0.15, 0.2) is 0 Å². The van der Waals surface area contributed by atoms with Crippen molar-refractivity contribution in [3.05, 3.63) is 37.7 Å². The highest BCUT2D eigenvalue weighted by Gasteiger charge is 2.29. The highest BCUT2D eigenvalue weighted by atomic mass is 35.5. The van der Waals surface area contributed by atoms with Gasteiger partial charge < -0.3 is 5.32 Å². The fourth-order valence-electron chi connectivity index (χ4n) is 1.53. The van der Waals surface area contributed by atoms with E-state index in [-0.39, 0.29) is 15.4 Å². The van der Waals surface area contributed by atoms with Gasteiger partial charge in [-0.05, 0) is 6.92 Å². The average Bonchev–Trinajstić information content (AvgIpc) is 2.79. The van der Waals surface area contributed by atoms with Crippen LogP contribution in [0.2, 0.25) is 5.02 Å². The minimum atomic E-state index is -4.53. The normalized spacial score (nSPS) is 11.7. The van der Waals surface area contributed by atoms with Crippen molar-refractivity contribution in [1.29, 1.82) is 0 Å². The van der Waals surface area contributed by atoms with Gasteiger partial charge in [0.1, 0.15) is 16.6 Å². The van der Waals surface area contributed by atoms with Crippen molar-refractivity contribution in [2.45, 2.75) is 26.2 Å². The van der Waals surface area contributed by atoms with Crippen molar-refractivity contribution in [1.82, 2.24) is 14.8 Å². The van der Waals surface area contributed by atoms with Gasteiger partial charge in [0, 0.05) is 11.1 Å². The molecule has 2 rings (SSSR count). The maximum atomic E-state index is 12.3. The summed E-state index contributed by atoms with van der Waals surface area (Å²) >= 11 is 7.20. The number of thiazole rings is 1. The molecule has 1 N–H and O–H groups in total. The molecular formula is C11H10ClF3N4OS. The topological polar surface area (TPSA) is 59.8 Å². The van der Waals surface area contributed by atoms with Crippen LogP contribution in [0.5, 0.6) is 0 Å². The summed E-state index contributed by atoms with van der Waals surface area (Å²) in [6.45, 7) is 0.674. The Balaban J connectivity index is 2.15. The van der Waals surface area contributed by atoms with E-state index in [0.717, 1.165) is 16.9 Å². The second-order valence-corrected chi connectivity index (χ2v) is 5.51. The van der Waals surface area contributed by atoms with E-state index in [4.69, 9.17) is 11.6 Å². The number of hydrogen-bond donors (Lipinski definition) is 1. The zero-order valence-corrected chi connectivity index (χ0v) is 12.3. The van der Waals surface area contributed by atoms with E-state index in [0.29, 0.717) is 6.54 Å². The van der Waals surface area contributed by atoms with Crippen molar-refractivity contribution in [2.24, 2.45) is 0 Å². The van der Waals surface area contributed by atoms with E-state index in [2.05, 4.69) is 15.4 Å². The first-order valence-electron chi connectivity index (χ1n) is 5.73. The van der Waals surface area contributed by atoms with Gasteiger partial charge in [-0.1, -0.05) is 11.6 Å². The lowest BCUT2D eigenvalue weighted by atomic mass is 10.4. The number of anilines is 1. The molecule has 0 radical (unpaired) electrons. The van der Waals surface area contributed by atoms with Crippen LogP contribution in [-0.4, -0.2) is 20.9 Å². The third-order valence-corrected chi connectivity index (χ3v) is 3.74. The molecule has 21 heavy (non-hydrogen) atoms. The Morgan fingerprint density at radius 2 is 2.19 bits per heavy atom. The molecular weight excluding hydrogens is 329 g/mol. The molecule has 114 valence electrons. The van der Waals surface area contributed by atoms with Crippen molar-refractivity contribution < 1.29 is 13.2 Å². The number of nitrogens with one attached hydrogen (secondary N) is 1. The number of halogens is 4. The standard InChI is InChI=1S/C11H10ClF3N4OS/c1-6-4-21-8(18-6)3-16-7-2-17-19(5-11(13,14)15)10(20)9(7)12/h2,4,16H,3,5H2,1H3. The quantitative estimate of drug-likeness (QED) is 0.931. The molecule has 0 aromatic carbocycles. The molecule has 0 saturated carbocycles. The van der Waals surface area contributed by atoms with Crippen molar-refractivity contribution >= 4 is 28.6 Å². The Morgan fingerprint density at radius 3 is 2.76 bits per heavy atom. The predicted molar refractivity (Wildman–Crippen MR) is 73.7 cm³/mol. The van der Waals surface area contributed by atoms with E-state index >= 15 is 0 Å². The van der Waals surface area contributed by atoms with E-state index in [1.54, 1.807) is 0 Å². The molecule has 0 spiro atoms. The van der Waals surface area contributed by atoms with Gasteiger partial charge in [-0.3, -0.25) is 4.79 Å². The van der Waals surface area contributed by atoms with Crippen LogP contribution in [0.4, 0.5) is 18.9 Å². The summed E-state index contributed by atoms with van der Waals surface area (Å²) in [5, 5.41) is 8.59. The first kappa shape index (κ1) is 15.8. The van der Waals surface area contributed by atoms with E-state index in [1.165, 1.54) is 11.3 Å². The third kappa shape index (κ3) is 4.18. The second kappa shape index (κ2) is 6.02. The molecule has 5 nitrogen and oxygen atoms in total. The SMILES string of the molecule is Cc1csc(CNc2cnn(CC(F)(F)F)c(=O)c2Cl)n1. The Kier molecular flexibility index (Phi) is 4.52. The van der Waals surface area contributed by atoms with Crippen LogP contribution in [0.25, 0.3) is 0 Å². The van der Waals surface area contributed by atoms with Crippen LogP contribution in [0.1, 0.15) is 10.7 Å². The average molecular weight is 339 g/mol. The van der Waals surface area contributed by atoms with Gasteiger partial charge in [0.2, 0.25) is 0 Å². The number of rotatable bonds is 4. The van der Waals surface area contributed by atoms with Gasteiger partial charge in [-0.2, -0.15) is 18.3 Å². The fraction of sp³-hybridized carbons (Fsp3) is 0.364. The lowest BCUT2D eigenvalue weighted by Gasteiger charge is -2.11. The van der Waals surface area contributed by atoms with E-state index < -0.39 is 18.3 Å². The fourth-order valence-corrected chi connectivity index (χ4v) is 2.45. The highest BCUT2D eigenvalue weighted by Crippen LogP contribution is 2.20. The molecule has 2 heterocycles. The Bertz CT molecular complexity index is 698. The van der Waals surface area contributed by atoms with Gasteiger partial charge in [-0.25, -0.2) is 9.67 Å². The van der Waals surface area contributed by atoms with Gasteiger partial charge >= 0.3 is 6.18 Å². The molecule has 0 amide bonds. The highest BCUT2D eigenvalue weighted by molar-refractivity contribution is 7.09. The molecule has 0 unspecified atom stereocenters. The third-order valence-electron chi connectivity index (χ3n) is 2.41. The molecule has 0 aliphatic heterocycles. The summed E-state index contributed by atoms with van der Waals surface area (Å²) in [5.74, 6) is 0. The molecule has 0 atom stereocenters. The van der Waals surface area contributed by atoms with Gasteiger partial charge in [0.25, 0.3) is 5.56 Å². The maximum absolute atomic E-state index is 12.3. The first-order valence-corrected chi connectivity index (χ1v) is 6.99. The van der Waals surface area contributed by atoms with Crippen molar-refractivity contribution in [3.8, 4) is 0 Å². The number of alkyl halides is 3. The zero-order valence-electron chi connectivity index (χ0n) is 10.7. The Morgan fingerprint density at radius 1 is 1.48 bits per heavy atom. The van der Waals surface area contributed by atoms with Crippen LogP contribution < -0.4 is 10.9 Å². The van der Waals surface area contributed by atoms with Crippen LogP contribution >= 0.6 is 22.9 Å². The molecule has 0 fully saturated rings. The molecule has 2 aromatic heterocycles. The smallest absolute Gasteiger partial charge is 0.376 e. The summed E-state index contributed by atoms with van der Waals surface area (Å²) in [5.41, 5.74) is 0.0453. The van der Waals surface area contributed by atoms with Crippen LogP contribution in [-0.2, 0) is 13.1 Å². The minimum Gasteiger partial charge on any atom is -0.376 e. The van der Waals surface area contributed by atoms with Crippen molar-refractivity contribution in [2.75, 3.05) is 5.32 Å². The van der Waals surface area contributed by atoms with Crippen molar-refractivity contribution in [3.63, 3.8) is 0 Å². The lowest BCUT2D eigenvalue weighted by molar-refractivity contribution is -0.143. The largest absolute Gasteiger partial charge is 0.408 e. The molecule has 0 saturated heterocycles. The summed E-state index contributed by atoms with van der Waals surface area (Å²) < 4.78 is 37.1. The number of aromatic nitrogens is 3. The van der Waals surface area contributed by atoms with E-state index in [1.807, 2.05) is 12.3 Å². The second-order valence-electron chi connectivity index (χ2n) is 4.19. The number of hydrogen-bond acceptors (Lipinski definition) is 5. The van der Waals surface area contributed by atoms with Crippen LogP contribution in [0.3, 0.4) is 0 Å². The molecule has 0 bridgehead atoms. The van der Waals surface area contributed by atoms with E-state index in [9.17, 15) is 18.0 Å². The predicted octanol–water partition coefficient (Wildman–Crippen LogP) is 2.84. The molecule has 2 aromatic rings. The summed E-state index contributed by atoms with van der Waals surface area (Å²) in [6.07, 6.45) is -3.44. The summed E-state index contributed by atoms with van der Waals surface area (Å²) in [4.78, 5) is 15.9. The maximum Gasteiger partial charge on any atom is 0.408 e. The molecule has 0 aliphatic rings. The van der Waals surface area contributed by atoms with Crippen LogP contribution in [0.15, 0.2) is 16.4 Å². The first-order chi connectivity index (χ1) is 9.76. The molecule has 0 aliphatic carbocycles. The summed E-state index contributed by atoms with van der Waals surface area (Å²) in [6, 6.07) is 0. The summed E-state index contributed by atoms with van der Waals surface area (Å²) in [7, 11) is 0. The van der Waals surface area contributed by atoms with Gasteiger partial charge in [-0.15, -0.1) is 11.3 Å². The zero-order chi connectivity index (χ0) is 15.6. The van der Waals surface area contributed by atoms with Crippen LogP contribution in [0, 0.1) is 6.92 Å². The number of nitrogens with zero attached hydrogens (tertiary/aromatic N) is 3. The Labute approximate surface area is 126 Å².